The first kappa shape index (κ1) is 16.6. The van der Waals surface area contributed by atoms with Crippen LogP contribution in [0.4, 0.5) is 5.82 Å². The van der Waals surface area contributed by atoms with Crippen molar-refractivity contribution >= 4 is 25.2 Å². The summed E-state index contributed by atoms with van der Waals surface area (Å²) in [4.78, 5) is 26.3. The number of aromatic nitrogens is 4. The van der Waals surface area contributed by atoms with Crippen LogP contribution in [-0.2, 0) is 9.30 Å². The summed E-state index contributed by atoms with van der Waals surface area (Å²) in [7, 11) is -2.87. The third kappa shape index (κ3) is 3.53. The van der Waals surface area contributed by atoms with E-state index in [4.69, 9.17) is 29.9 Å². The number of nitrogens with two attached hydrogens (primary N) is 1. The van der Waals surface area contributed by atoms with Gasteiger partial charge in [-0.05, 0) is 0 Å². The molecule has 2 aromatic heterocycles. The number of fused-ring (bicyclic) bond motifs is 1. The van der Waals surface area contributed by atoms with Crippen LogP contribution >= 0.6 is 8.25 Å². The number of ether oxygens (including phenoxy) is 1. The summed E-state index contributed by atoms with van der Waals surface area (Å²) >= 11 is 0. The SMILES string of the molecule is Nc1ncnc2c1ncn2[C@H]1C[C@H](O)[C@@H](CO)O1.O=[P+](O)O. The van der Waals surface area contributed by atoms with Crippen LogP contribution in [0.15, 0.2) is 12.7 Å². The Bertz CT molecular complexity index is 662. The largest absolute Gasteiger partial charge is 0.692 e. The molecule has 1 saturated heterocycles. The van der Waals surface area contributed by atoms with Crippen LogP contribution in [0, 0.1) is 0 Å². The maximum absolute atomic E-state index is 9.71. The van der Waals surface area contributed by atoms with Crippen molar-refractivity contribution in [1.29, 1.82) is 0 Å². The highest BCUT2D eigenvalue weighted by molar-refractivity contribution is 7.30. The molecule has 0 aromatic carbocycles. The molecule has 11 nitrogen and oxygen atoms in total. The monoisotopic (exact) mass is 332 g/mol. The summed E-state index contributed by atoms with van der Waals surface area (Å²) < 4.78 is 15.9. The van der Waals surface area contributed by atoms with Gasteiger partial charge in [-0.2, -0.15) is 0 Å². The summed E-state index contributed by atoms with van der Waals surface area (Å²) in [5.41, 5.74) is 6.75. The second-order valence-electron chi connectivity index (χ2n) is 4.45. The Morgan fingerprint density at radius 1 is 1.41 bits per heavy atom. The molecule has 12 heteroatoms. The Balaban J connectivity index is 0.000000396. The quantitative estimate of drug-likeness (QED) is 0.414. The van der Waals surface area contributed by atoms with Crippen molar-refractivity contribution in [2.24, 2.45) is 0 Å². The average Bonchev–Trinajstić information content (AvgIpc) is 3.02. The van der Waals surface area contributed by atoms with E-state index in [1.807, 2.05) is 0 Å². The van der Waals surface area contributed by atoms with E-state index >= 15 is 0 Å². The lowest BCUT2D eigenvalue weighted by atomic mass is 10.2. The topological polar surface area (TPSA) is 177 Å². The van der Waals surface area contributed by atoms with Crippen LogP contribution in [0.5, 0.6) is 0 Å². The number of aliphatic hydroxyl groups excluding tert-OH is 2. The van der Waals surface area contributed by atoms with Crippen molar-refractivity contribution in [1.82, 2.24) is 19.5 Å². The zero-order valence-corrected chi connectivity index (χ0v) is 12.1. The molecule has 0 unspecified atom stereocenters. The highest BCUT2D eigenvalue weighted by Crippen LogP contribution is 2.30. The number of hydrogen-bond donors (Lipinski definition) is 5. The number of nitrogens with zero attached hydrogens (tertiary/aromatic N) is 4. The van der Waals surface area contributed by atoms with Gasteiger partial charge in [-0.25, -0.2) is 15.0 Å². The van der Waals surface area contributed by atoms with Crippen LogP contribution in [-0.4, -0.2) is 58.3 Å². The van der Waals surface area contributed by atoms with Gasteiger partial charge in [0.15, 0.2) is 11.5 Å². The molecule has 22 heavy (non-hydrogen) atoms. The van der Waals surface area contributed by atoms with Crippen molar-refractivity contribution in [3.8, 4) is 0 Å². The minimum Gasteiger partial charge on any atom is -0.394 e. The highest BCUT2D eigenvalue weighted by atomic mass is 31.1. The third-order valence-electron chi connectivity index (χ3n) is 3.08. The molecule has 2 aromatic rings. The molecule has 6 N–H and O–H groups in total. The second-order valence-corrected chi connectivity index (χ2v) is 4.96. The van der Waals surface area contributed by atoms with E-state index in [1.165, 1.54) is 6.33 Å². The van der Waals surface area contributed by atoms with E-state index in [0.29, 0.717) is 23.4 Å². The predicted molar refractivity (Wildman–Crippen MR) is 73.4 cm³/mol. The van der Waals surface area contributed by atoms with E-state index in [2.05, 4.69) is 15.0 Å². The summed E-state index contributed by atoms with van der Waals surface area (Å²) in [5.74, 6) is 0.302. The number of imidazole rings is 1. The van der Waals surface area contributed by atoms with E-state index in [9.17, 15) is 5.11 Å². The fourth-order valence-corrected chi connectivity index (χ4v) is 2.13. The highest BCUT2D eigenvalue weighted by Gasteiger charge is 2.35. The smallest absolute Gasteiger partial charge is 0.394 e. The number of rotatable bonds is 2. The molecule has 0 saturated carbocycles. The maximum Gasteiger partial charge on any atom is 0.692 e. The first-order valence-corrected chi connectivity index (χ1v) is 7.33. The summed E-state index contributed by atoms with van der Waals surface area (Å²) in [6, 6.07) is 0. The van der Waals surface area contributed by atoms with Crippen molar-refractivity contribution < 1.29 is 29.3 Å². The molecule has 1 aliphatic heterocycles. The number of aliphatic hydroxyl groups is 2. The van der Waals surface area contributed by atoms with Crippen molar-refractivity contribution in [2.75, 3.05) is 12.3 Å². The summed E-state index contributed by atoms with van der Waals surface area (Å²) in [6.07, 6.45) is 1.60. The van der Waals surface area contributed by atoms with Gasteiger partial charge in [0.1, 0.15) is 24.2 Å². The molecule has 3 rings (SSSR count). The minimum atomic E-state index is -2.87. The van der Waals surface area contributed by atoms with Gasteiger partial charge >= 0.3 is 8.25 Å². The lowest BCUT2D eigenvalue weighted by Gasteiger charge is -2.13. The summed E-state index contributed by atoms with van der Waals surface area (Å²) in [6.45, 7) is -0.221. The Labute approximate surface area is 125 Å². The maximum atomic E-state index is 9.71. The van der Waals surface area contributed by atoms with Gasteiger partial charge in [-0.1, -0.05) is 0 Å². The van der Waals surface area contributed by atoms with Crippen LogP contribution in [0.2, 0.25) is 0 Å². The van der Waals surface area contributed by atoms with Gasteiger partial charge in [-0.3, -0.25) is 4.57 Å². The third-order valence-corrected chi connectivity index (χ3v) is 3.08. The average molecular weight is 332 g/mol. The molecule has 1 fully saturated rings. The van der Waals surface area contributed by atoms with Gasteiger partial charge in [0, 0.05) is 11.0 Å². The molecule has 0 bridgehead atoms. The van der Waals surface area contributed by atoms with Crippen LogP contribution in [0.1, 0.15) is 12.6 Å². The normalized spacial score (nSPS) is 24.1. The summed E-state index contributed by atoms with van der Waals surface area (Å²) in [5, 5.41) is 18.8. The molecule has 0 aliphatic carbocycles. The van der Waals surface area contributed by atoms with Gasteiger partial charge in [-0.15, -0.1) is 9.79 Å². The predicted octanol–water partition coefficient (Wildman–Crippen LogP) is -1.32. The fourth-order valence-electron chi connectivity index (χ4n) is 2.13. The fraction of sp³-hybridized carbons (Fsp3) is 0.500. The number of anilines is 1. The molecule has 0 amide bonds. The van der Waals surface area contributed by atoms with Gasteiger partial charge in [0.05, 0.1) is 19.0 Å². The Morgan fingerprint density at radius 2 is 2.09 bits per heavy atom. The van der Waals surface area contributed by atoms with Crippen molar-refractivity contribution in [3.05, 3.63) is 12.7 Å². The lowest BCUT2D eigenvalue weighted by molar-refractivity contribution is -0.0432. The molecule has 1 aliphatic rings. The Hall–Kier alpha value is -1.75. The lowest BCUT2D eigenvalue weighted by Crippen LogP contribution is -2.24. The number of hydrogen-bond acceptors (Lipinski definition) is 8. The first-order valence-electron chi connectivity index (χ1n) is 6.16. The molecule has 0 spiro atoms. The first-order chi connectivity index (χ1) is 10.4. The number of nitrogen functional groups attached to an aromatic ring is 1. The van der Waals surface area contributed by atoms with Crippen molar-refractivity contribution in [3.63, 3.8) is 0 Å². The Kier molecular flexibility index (Phi) is 5.29. The van der Waals surface area contributed by atoms with E-state index in [-0.39, 0.29) is 6.61 Å². The van der Waals surface area contributed by atoms with Gasteiger partial charge in [0.2, 0.25) is 0 Å². The van der Waals surface area contributed by atoms with Crippen LogP contribution in [0.3, 0.4) is 0 Å². The van der Waals surface area contributed by atoms with Gasteiger partial charge < -0.3 is 20.7 Å². The molecular weight excluding hydrogens is 317 g/mol. The molecule has 3 heterocycles. The van der Waals surface area contributed by atoms with Crippen LogP contribution < -0.4 is 5.73 Å². The second kappa shape index (κ2) is 7.01. The van der Waals surface area contributed by atoms with E-state index in [1.54, 1.807) is 10.9 Å². The standard InChI is InChI=1S/C10H13N5O3.HO3P/c11-9-8-10(13-3-12-9)15(4-14-8)7-1-5(17)6(2-16)18-7;1-4(2)3/h3-7,16-17H,1-2H2,(H2,11,12,13);(H-,1,2,3)/p+1/t5-,6+,7+;/m0./s1. The van der Waals surface area contributed by atoms with Gasteiger partial charge in [0.25, 0.3) is 0 Å². The molecular formula is C10H15N5O6P+. The van der Waals surface area contributed by atoms with E-state index in [0.717, 1.165) is 0 Å². The molecule has 120 valence electrons. The molecule has 0 radical (unpaired) electrons. The molecule has 3 atom stereocenters. The van der Waals surface area contributed by atoms with Crippen LogP contribution in [0.25, 0.3) is 11.2 Å². The zero-order valence-electron chi connectivity index (χ0n) is 11.2. The zero-order chi connectivity index (χ0) is 16.3. The van der Waals surface area contributed by atoms with E-state index < -0.39 is 26.7 Å². The van der Waals surface area contributed by atoms with Crippen molar-refractivity contribution in [2.45, 2.75) is 24.9 Å². The Morgan fingerprint density at radius 3 is 2.68 bits per heavy atom. The minimum absolute atomic E-state index is 0.221.